The first-order chi connectivity index (χ1) is 9.76. The molecule has 1 amide bonds. The zero-order chi connectivity index (χ0) is 15.6. The van der Waals surface area contributed by atoms with E-state index in [9.17, 15) is 9.90 Å². The van der Waals surface area contributed by atoms with Gasteiger partial charge in [-0.1, -0.05) is 0 Å². The Hall–Kier alpha value is -0.180. The van der Waals surface area contributed by atoms with Crippen molar-refractivity contribution in [3.8, 4) is 0 Å². The minimum absolute atomic E-state index is 0.0725. The third-order valence-electron chi connectivity index (χ3n) is 3.43. The van der Waals surface area contributed by atoms with Crippen molar-refractivity contribution in [2.75, 3.05) is 32.7 Å². The molecule has 1 saturated heterocycles. The van der Waals surface area contributed by atoms with Gasteiger partial charge in [0.25, 0.3) is 5.91 Å². The number of carbonyl (C=O) groups is 1. The molecular weight excluding hydrogens is 447 g/mol. The summed E-state index contributed by atoms with van der Waals surface area (Å²) in [7, 11) is 0. The standard InChI is InChI=1S/C15H20BrIN2O2/c1-15(2,21)10-18-5-7-19(8-6-18)14(20)12-9-11(17)3-4-13(12)16/h3-4,9,21H,5-8,10H2,1-2H3. The fraction of sp³-hybridized carbons (Fsp3) is 0.533. The second-order valence-corrected chi connectivity index (χ2v) is 8.10. The van der Waals surface area contributed by atoms with Gasteiger partial charge in [-0.05, 0) is 70.6 Å². The molecule has 0 spiro atoms. The predicted molar refractivity (Wildman–Crippen MR) is 95.5 cm³/mol. The van der Waals surface area contributed by atoms with Crippen LogP contribution in [0.1, 0.15) is 24.2 Å². The Labute approximate surface area is 147 Å². The molecule has 0 bridgehead atoms. The molecule has 1 aliphatic heterocycles. The molecule has 0 saturated carbocycles. The van der Waals surface area contributed by atoms with Crippen LogP contribution < -0.4 is 0 Å². The lowest BCUT2D eigenvalue weighted by Gasteiger charge is -2.37. The van der Waals surface area contributed by atoms with Gasteiger partial charge < -0.3 is 10.0 Å². The molecule has 1 aromatic carbocycles. The molecule has 2 rings (SSSR count). The first kappa shape index (κ1) is 17.2. The number of aliphatic hydroxyl groups is 1. The fourth-order valence-corrected chi connectivity index (χ4v) is 3.40. The number of hydrogen-bond acceptors (Lipinski definition) is 3. The number of amides is 1. The molecule has 1 fully saturated rings. The molecule has 0 radical (unpaired) electrons. The van der Waals surface area contributed by atoms with E-state index >= 15 is 0 Å². The van der Waals surface area contributed by atoms with Crippen molar-refractivity contribution < 1.29 is 9.90 Å². The first-order valence-electron chi connectivity index (χ1n) is 6.95. The second kappa shape index (κ2) is 6.93. The number of halogens is 2. The van der Waals surface area contributed by atoms with Crippen molar-refractivity contribution in [1.82, 2.24) is 9.80 Å². The smallest absolute Gasteiger partial charge is 0.255 e. The molecule has 6 heteroatoms. The van der Waals surface area contributed by atoms with E-state index in [1.807, 2.05) is 36.9 Å². The van der Waals surface area contributed by atoms with Crippen LogP contribution >= 0.6 is 38.5 Å². The maximum absolute atomic E-state index is 12.6. The highest BCUT2D eigenvalue weighted by molar-refractivity contribution is 14.1. The number of hydrogen-bond donors (Lipinski definition) is 1. The Morgan fingerprint density at radius 2 is 1.95 bits per heavy atom. The number of nitrogens with zero attached hydrogens (tertiary/aromatic N) is 2. The van der Waals surface area contributed by atoms with Gasteiger partial charge >= 0.3 is 0 Å². The summed E-state index contributed by atoms with van der Waals surface area (Å²) in [5, 5.41) is 9.86. The van der Waals surface area contributed by atoms with Gasteiger partial charge in [-0.2, -0.15) is 0 Å². The van der Waals surface area contributed by atoms with Crippen molar-refractivity contribution in [1.29, 1.82) is 0 Å². The average molecular weight is 467 g/mol. The van der Waals surface area contributed by atoms with E-state index in [0.29, 0.717) is 19.6 Å². The van der Waals surface area contributed by atoms with Gasteiger partial charge in [-0.3, -0.25) is 9.69 Å². The van der Waals surface area contributed by atoms with Gasteiger partial charge in [0.1, 0.15) is 0 Å². The summed E-state index contributed by atoms with van der Waals surface area (Å²) >= 11 is 5.67. The minimum atomic E-state index is -0.690. The zero-order valence-electron chi connectivity index (χ0n) is 12.3. The summed E-state index contributed by atoms with van der Waals surface area (Å²) in [6.07, 6.45) is 0. The highest BCUT2D eigenvalue weighted by Gasteiger charge is 2.26. The number of carbonyl (C=O) groups excluding carboxylic acids is 1. The van der Waals surface area contributed by atoms with E-state index in [1.165, 1.54) is 0 Å². The summed E-state index contributed by atoms with van der Waals surface area (Å²) in [5.41, 5.74) is 0.0305. The van der Waals surface area contributed by atoms with Crippen molar-refractivity contribution >= 4 is 44.4 Å². The lowest BCUT2D eigenvalue weighted by Crippen LogP contribution is -2.52. The Kier molecular flexibility index (Phi) is 5.67. The third kappa shape index (κ3) is 4.91. The number of piperazine rings is 1. The lowest BCUT2D eigenvalue weighted by atomic mass is 10.1. The molecule has 1 N–H and O–H groups in total. The Balaban J connectivity index is 1.99. The molecule has 0 unspecified atom stereocenters. The van der Waals surface area contributed by atoms with Crippen LogP contribution in [-0.4, -0.2) is 59.1 Å². The highest BCUT2D eigenvalue weighted by atomic mass is 127. The summed E-state index contributed by atoms with van der Waals surface area (Å²) in [4.78, 5) is 16.7. The van der Waals surface area contributed by atoms with Gasteiger partial charge in [0.2, 0.25) is 0 Å². The van der Waals surface area contributed by atoms with Crippen molar-refractivity contribution in [2.45, 2.75) is 19.4 Å². The third-order valence-corrected chi connectivity index (χ3v) is 4.79. The molecule has 1 aromatic rings. The maximum atomic E-state index is 12.6. The topological polar surface area (TPSA) is 43.8 Å². The summed E-state index contributed by atoms with van der Waals surface area (Å²) in [6, 6.07) is 5.80. The first-order valence-corrected chi connectivity index (χ1v) is 8.82. The van der Waals surface area contributed by atoms with Crippen LogP contribution in [0.5, 0.6) is 0 Å². The molecule has 0 aliphatic carbocycles. The van der Waals surface area contributed by atoms with E-state index in [4.69, 9.17) is 0 Å². The van der Waals surface area contributed by atoms with E-state index in [-0.39, 0.29) is 5.91 Å². The quantitative estimate of drug-likeness (QED) is 0.696. The van der Waals surface area contributed by atoms with Gasteiger partial charge in [0, 0.05) is 40.8 Å². The molecule has 1 heterocycles. The van der Waals surface area contributed by atoms with E-state index in [2.05, 4.69) is 43.4 Å². The summed E-state index contributed by atoms with van der Waals surface area (Å²) in [6.45, 7) is 7.28. The van der Waals surface area contributed by atoms with Crippen molar-refractivity contribution in [2.24, 2.45) is 0 Å². The Bertz CT molecular complexity index is 523. The molecule has 0 atom stereocenters. The highest BCUT2D eigenvalue weighted by Crippen LogP contribution is 2.22. The number of benzene rings is 1. The largest absolute Gasteiger partial charge is 0.389 e. The van der Waals surface area contributed by atoms with Crippen LogP contribution in [0, 0.1) is 3.57 Å². The fourth-order valence-electron chi connectivity index (χ4n) is 2.49. The SMILES string of the molecule is CC(C)(O)CN1CCN(C(=O)c2cc(I)ccc2Br)CC1. The minimum Gasteiger partial charge on any atom is -0.389 e. The van der Waals surface area contributed by atoms with Gasteiger partial charge in [0.15, 0.2) is 0 Å². The van der Waals surface area contributed by atoms with Gasteiger partial charge in [-0.15, -0.1) is 0 Å². The summed E-state index contributed by atoms with van der Waals surface area (Å²) in [5.74, 6) is 0.0725. The van der Waals surface area contributed by atoms with E-state index < -0.39 is 5.60 Å². The summed E-state index contributed by atoms with van der Waals surface area (Å²) < 4.78 is 1.90. The van der Waals surface area contributed by atoms with Crippen molar-refractivity contribution in [3.63, 3.8) is 0 Å². The van der Waals surface area contributed by atoms with E-state index in [1.54, 1.807) is 0 Å². The number of rotatable bonds is 3. The number of β-amino-alcohol motifs (C(OH)–C–C–N with tert-alkyl or cyclic N) is 1. The molecule has 116 valence electrons. The normalized spacial score (nSPS) is 17.1. The molecule has 1 aliphatic rings. The lowest BCUT2D eigenvalue weighted by molar-refractivity contribution is 0.0178. The van der Waals surface area contributed by atoms with Crippen LogP contribution in [0.4, 0.5) is 0 Å². The van der Waals surface area contributed by atoms with Crippen molar-refractivity contribution in [3.05, 3.63) is 31.8 Å². The molecular formula is C15H20BrIN2O2. The second-order valence-electron chi connectivity index (χ2n) is 6.00. The van der Waals surface area contributed by atoms with Crippen LogP contribution in [0.3, 0.4) is 0 Å². The van der Waals surface area contributed by atoms with Crippen LogP contribution in [0.15, 0.2) is 22.7 Å². The predicted octanol–water partition coefficient (Wildman–Crippen LogP) is 2.58. The van der Waals surface area contributed by atoms with Crippen LogP contribution in [0.2, 0.25) is 0 Å². The Morgan fingerprint density at radius 3 is 2.52 bits per heavy atom. The molecule has 4 nitrogen and oxygen atoms in total. The maximum Gasteiger partial charge on any atom is 0.255 e. The van der Waals surface area contributed by atoms with Crippen LogP contribution in [-0.2, 0) is 0 Å². The molecule has 21 heavy (non-hydrogen) atoms. The average Bonchev–Trinajstić information content (AvgIpc) is 2.40. The van der Waals surface area contributed by atoms with Gasteiger partial charge in [0.05, 0.1) is 11.2 Å². The zero-order valence-corrected chi connectivity index (χ0v) is 16.0. The monoisotopic (exact) mass is 466 g/mol. The molecule has 0 aromatic heterocycles. The van der Waals surface area contributed by atoms with Gasteiger partial charge in [-0.25, -0.2) is 0 Å². The Morgan fingerprint density at radius 1 is 1.33 bits per heavy atom. The van der Waals surface area contributed by atoms with E-state index in [0.717, 1.165) is 26.7 Å². The van der Waals surface area contributed by atoms with Crippen LogP contribution in [0.25, 0.3) is 0 Å².